The number of hydrogen-bond acceptors (Lipinski definition) is 6. The fraction of sp³-hybridized carbons (Fsp3) is 0.0545. The van der Waals surface area contributed by atoms with Gasteiger partial charge >= 0.3 is 0 Å². The van der Waals surface area contributed by atoms with E-state index >= 15 is 0 Å². The van der Waals surface area contributed by atoms with Crippen LogP contribution < -0.4 is 0 Å². The van der Waals surface area contributed by atoms with Gasteiger partial charge in [0.2, 0.25) is 11.2 Å². The Labute approximate surface area is 694 Å². The zero-order valence-corrected chi connectivity index (χ0v) is 67.4. The fourth-order valence-corrected chi connectivity index (χ4v) is 24.1. The molecule has 119 heavy (non-hydrogen) atoms. The second-order valence-corrected chi connectivity index (χ2v) is 35.8. The normalized spacial score (nSPS) is 14.1. The SMILES string of the molecule is CC1(C)C2=C(C=C[C+]=C2)c2c1cc1c3cc4[nH]c5ccccc5c4c4cccc(c5cccc2c51)c34.CC1(C)c2ccccc2-c2c1cc1c3cc4c(c5cccc(c6cccc2c61)c35)c1ccccc1n4-c1nc(-c2cccc3c2sc2ccccc23)c2ccccc2n1.Clc1nc(-c2cccc3c2sc2ccccc23)c2ccccc2n1. The summed E-state index contributed by atoms with van der Waals surface area (Å²) in [5.74, 6) is 0.678. The molecule has 0 spiro atoms. The van der Waals surface area contributed by atoms with Gasteiger partial charge in [0.15, 0.2) is 0 Å². The molecule has 3 aliphatic rings. The van der Waals surface area contributed by atoms with E-state index in [9.17, 15) is 0 Å². The van der Waals surface area contributed by atoms with E-state index < -0.39 is 0 Å². The Morgan fingerprint density at radius 3 is 1.45 bits per heavy atom. The van der Waals surface area contributed by atoms with Crippen LogP contribution in [0.25, 0.3) is 237 Å². The molecular weight excluding hydrogens is 1500 g/mol. The number of benzene rings is 19. The van der Waals surface area contributed by atoms with Crippen molar-refractivity contribution in [2.24, 2.45) is 0 Å². The molecule has 554 valence electrons. The zero-order valence-electron chi connectivity index (χ0n) is 65.0. The Morgan fingerprint density at radius 1 is 0.328 bits per heavy atom. The second kappa shape index (κ2) is 24.5. The average molecular weight is 1570 g/mol. The van der Waals surface area contributed by atoms with E-state index in [4.69, 9.17) is 21.6 Å². The van der Waals surface area contributed by atoms with Gasteiger partial charge in [0.05, 0.1) is 56.1 Å². The fourth-order valence-electron chi connectivity index (χ4n) is 21.5. The van der Waals surface area contributed by atoms with Crippen molar-refractivity contribution in [1.29, 1.82) is 0 Å². The summed E-state index contributed by atoms with van der Waals surface area (Å²) in [5.41, 5.74) is 21.4. The van der Waals surface area contributed by atoms with E-state index in [1.165, 1.54) is 204 Å². The van der Waals surface area contributed by atoms with Crippen LogP contribution in [0, 0.1) is 6.08 Å². The molecule has 0 saturated carbocycles. The minimum Gasteiger partial charge on any atom is -0.354 e. The van der Waals surface area contributed by atoms with Crippen LogP contribution in [-0.4, -0.2) is 29.5 Å². The van der Waals surface area contributed by atoms with Crippen LogP contribution in [0.3, 0.4) is 0 Å². The van der Waals surface area contributed by atoms with Gasteiger partial charge in [-0.15, -0.1) is 22.7 Å². The molecule has 0 radical (unpaired) electrons. The van der Waals surface area contributed by atoms with Crippen LogP contribution in [0.2, 0.25) is 5.28 Å². The van der Waals surface area contributed by atoms with Gasteiger partial charge in [0, 0.05) is 112 Å². The van der Waals surface area contributed by atoms with Crippen LogP contribution in [0.1, 0.15) is 49.9 Å². The first-order chi connectivity index (χ1) is 58.5. The van der Waals surface area contributed by atoms with Crippen molar-refractivity contribution in [1.82, 2.24) is 29.5 Å². The Balaban J connectivity index is 0.000000108. The average Bonchev–Trinajstić information content (AvgIpc) is 1.59. The van der Waals surface area contributed by atoms with Crippen molar-refractivity contribution < 1.29 is 0 Å². The molecule has 0 atom stereocenters. The predicted octanol–water partition coefficient (Wildman–Crippen LogP) is 30.8. The van der Waals surface area contributed by atoms with Gasteiger partial charge in [-0.05, 0) is 200 Å². The Kier molecular flexibility index (Phi) is 13.8. The van der Waals surface area contributed by atoms with Crippen molar-refractivity contribution in [3.05, 3.63) is 361 Å². The number of H-pyrrole nitrogens is 1. The monoisotopic (exact) mass is 1570 g/mol. The molecule has 0 aliphatic heterocycles. The zero-order chi connectivity index (χ0) is 78.6. The molecule has 0 saturated heterocycles. The maximum Gasteiger partial charge on any atom is 0.235 e. The molecule has 0 fully saturated rings. The van der Waals surface area contributed by atoms with Gasteiger partial charge < -0.3 is 4.98 Å². The van der Waals surface area contributed by atoms with Gasteiger partial charge in [-0.25, -0.2) is 19.9 Å². The molecule has 25 aromatic rings. The third-order valence-corrected chi connectivity index (χ3v) is 29.2. The first-order valence-electron chi connectivity index (χ1n) is 40.8. The standard InChI is InChI=1S/C55H33N3S.C35H22N.C20H11ClN2S/c1-55(2)42-24-7-3-15-34(42)50-37-21-11-18-31-32-19-12-22-38-49(32)41(40(48(31)37)28-43(50)55)29-46-51(38)36-17-5-9-26-45(36)58(46)54-56-44-25-8-4-16-35(44)52(57-54)39-23-13-20-33-30-14-6-10-27-47(30)59-53(33)39;1-35(2)27-15-5-3-9-21(27)33-23-13-7-11-19-20-12-8-14-24-32(20)26(25(31(19)23)17-28(33)35)18-30-34(24)22-10-4-6-16-29(22)36-30;21-20-22-16-10-3-1-7-14(16)18(23-20)15-9-5-8-13-12-6-2-4-11-17(12)24-19(13)15/h3-29H,1-2H3;3-4,6-18,36H,1-2H3;1-11H/q;+1;. The van der Waals surface area contributed by atoms with Crippen molar-refractivity contribution in [3.8, 4) is 39.6 Å². The summed E-state index contributed by atoms with van der Waals surface area (Å²) in [4.78, 5) is 23.7. The highest BCUT2D eigenvalue weighted by molar-refractivity contribution is 7.26. The van der Waals surface area contributed by atoms with E-state index in [0.29, 0.717) is 5.95 Å². The van der Waals surface area contributed by atoms with Gasteiger partial charge in [0.25, 0.3) is 0 Å². The summed E-state index contributed by atoms with van der Waals surface area (Å²) in [6, 6.07) is 111. The van der Waals surface area contributed by atoms with Crippen molar-refractivity contribution in [3.63, 3.8) is 0 Å². The van der Waals surface area contributed by atoms with Crippen LogP contribution in [-0.2, 0) is 10.8 Å². The van der Waals surface area contributed by atoms with Gasteiger partial charge in [-0.2, -0.15) is 0 Å². The molecule has 28 rings (SSSR count). The first-order valence-corrected chi connectivity index (χ1v) is 42.8. The number of nitrogens with zero attached hydrogens (tertiary/aromatic N) is 5. The molecule has 9 heteroatoms. The lowest BCUT2D eigenvalue weighted by Crippen LogP contribution is -2.16. The van der Waals surface area contributed by atoms with Gasteiger partial charge in [-0.1, -0.05) is 257 Å². The molecule has 0 bridgehead atoms. The van der Waals surface area contributed by atoms with Crippen LogP contribution in [0.15, 0.2) is 327 Å². The number of hydrogen-bond donors (Lipinski definition) is 1. The van der Waals surface area contributed by atoms with E-state index in [1.54, 1.807) is 11.3 Å². The molecule has 1 N–H and O–H groups in total. The summed E-state index contributed by atoms with van der Waals surface area (Å²) < 4.78 is 7.38. The molecule has 0 unspecified atom stereocenters. The number of para-hydroxylation sites is 4. The topological polar surface area (TPSA) is 72.3 Å². The van der Waals surface area contributed by atoms with E-state index in [0.717, 1.165) is 55.4 Å². The third-order valence-electron chi connectivity index (χ3n) is 26.6. The minimum absolute atomic E-state index is 0.0651. The number of aromatic nitrogens is 6. The lowest BCUT2D eigenvalue weighted by atomic mass is 9.78. The highest BCUT2D eigenvalue weighted by Crippen LogP contribution is 2.58. The van der Waals surface area contributed by atoms with Crippen molar-refractivity contribution in [2.75, 3.05) is 0 Å². The van der Waals surface area contributed by atoms with Gasteiger partial charge in [-0.3, -0.25) is 4.57 Å². The third kappa shape index (κ3) is 9.23. The van der Waals surface area contributed by atoms with E-state index in [2.05, 4.69) is 351 Å². The predicted molar refractivity (Wildman–Crippen MR) is 508 cm³/mol. The Hall–Kier alpha value is -14.1. The van der Waals surface area contributed by atoms with Crippen LogP contribution in [0.5, 0.6) is 0 Å². The number of aromatic amines is 1. The van der Waals surface area contributed by atoms with Crippen LogP contribution in [0.4, 0.5) is 0 Å². The van der Waals surface area contributed by atoms with Gasteiger partial charge in [0.1, 0.15) is 12.2 Å². The van der Waals surface area contributed by atoms with Crippen molar-refractivity contribution in [2.45, 2.75) is 38.5 Å². The van der Waals surface area contributed by atoms with E-state index in [1.807, 2.05) is 35.6 Å². The summed E-state index contributed by atoms with van der Waals surface area (Å²) in [6.45, 7) is 9.51. The van der Waals surface area contributed by atoms with Crippen molar-refractivity contribution >= 4 is 232 Å². The number of halogens is 1. The highest BCUT2D eigenvalue weighted by Gasteiger charge is 2.44. The molecule has 19 aromatic carbocycles. The maximum absolute atomic E-state index is 6.18. The Morgan fingerprint density at radius 2 is 0.790 bits per heavy atom. The quantitative estimate of drug-likeness (QED) is 0.0828. The molecular formula is C110H66ClN6S2+. The highest BCUT2D eigenvalue weighted by atomic mass is 35.5. The molecule has 6 nitrogen and oxygen atoms in total. The largest absolute Gasteiger partial charge is 0.354 e. The summed E-state index contributed by atoms with van der Waals surface area (Å²) >= 11 is 9.82. The summed E-state index contributed by atoms with van der Waals surface area (Å²) in [5, 5.41) is 33.7. The smallest absolute Gasteiger partial charge is 0.235 e. The molecule has 0 amide bonds. The maximum atomic E-state index is 6.18. The molecule has 6 aromatic heterocycles. The molecule has 3 aliphatic carbocycles. The molecule has 6 heterocycles. The lowest BCUT2D eigenvalue weighted by molar-refractivity contribution is 0.655. The first kappa shape index (κ1) is 67.1. The number of allylic oxidation sites excluding steroid dienone is 6. The lowest BCUT2D eigenvalue weighted by Gasteiger charge is -2.23. The number of nitrogens with one attached hydrogen (secondary N) is 1. The summed E-state index contributed by atoms with van der Waals surface area (Å²) in [6.07, 6.45) is 9.84. The Bertz CT molecular complexity index is 8970. The summed E-state index contributed by atoms with van der Waals surface area (Å²) in [7, 11) is 0. The van der Waals surface area contributed by atoms with E-state index in [-0.39, 0.29) is 16.1 Å². The minimum atomic E-state index is -0.131. The number of rotatable bonds is 3. The number of fused-ring (bicyclic) bond motifs is 27. The second-order valence-electron chi connectivity index (χ2n) is 33.4. The van der Waals surface area contributed by atoms with Crippen LogP contribution >= 0.6 is 34.3 Å². The number of thiophene rings is 2.